The Hall–Kier alpha value is -0.380. The highest BCUT2D eigenvalue weighted by molar-refractivity contribution is 7.07. The first-order valence-corrected chi connectivity index (χ1v) is 6.23. The van der Waals surface area contributed by atoms with Gasteiger partial charge in [-0.25, -0.2) is 0 Å². The van der Waals surface area contributed by atoms with Crippen molar-refractivity contribution < 1.29 is 5.11 Å². The minimum absolute atomic E-state index is 0.143. The Bertz CT molecular complexity index is 254. The van der Waals surface area contributed by atoms with Crippen molar-refractivity contribution >= 4 is 11.3 Å². The quantitative estimate of drug-likeness (QED) is 0.801. The molecule has 1 fully saturated rings. The fraction of sp³-hybridized carbons (Fsp3) is 0.636. The summed E-state index contributed by atoms with van der Waals surface area (Å²) in [4.78, 5) is 0. The van der Waals surface area contributed by atoms with Gasteiger partial charge in [0.25, 0.3) is 0 Å². The van der Waals surface area contributed by atoms with Crippen LogP contribution in [0.25, 0.3) is 0 Å². The van der Waals surface area contributed by atoms with Crippen LogP contribution in [-0.2, 0) is 0 Å². The highest BCUT2D eigenvalue weighted by atomic mass is 32.1. The normalized spacial score (nSPS) is 20.1. The molecule has 1 atom stereocenters. The van der Waals surface area contributed by atoms with Gasteiger partial charge < -0.3 is 10.4 Å². The molecule has 1 aliphatic rings. The zero-order valence-corrected chi connectivity index (χ0v) is 9.09. The predicted octanol–water partition coefficient (Wildman–Crippen LogP) is 2.31. The number of nitrogens with one attached hydrogen (secondary N) is 1. The van der Waals surface area contributed by atoms with Crippen LogP contribution in [0.2, 0.25) is 0 Å². The largest absolute Gasteiger partial charge is 0.394 e. The van der Waals surface area contributed by atoms with Gasteiger partial charge in [-0.15, -0.1) is 0 Å². The van der Waals surface area contributed by atoms with Gasteiger partial charge in [-0.3, -0.25) is 0 Å². The summed E-state index contributed by atoms with van der Waals surface area (Å²) in [6.07, 6.45) is 5.19. The summed E-state index contributed by atoms with van der Waals surface area (Å²) in [6.45, 7) is 0.202. The lowest BCUT2D eigenvalue weighted by atomic mass is 10.1. The molecule has 1 unspecified atom stereocenters. The third-order valence-electron chi connectivity index (χ3n) is 2.92. The molecule has 14 heavy (non-hydrogen) atoms. The monoisotopic (exact) mass is 211 g/mol. The number of hydrogen-bond acceptors (Lipinski definition) is 3. The van der Waals surface area contributed by atoms with Crippen LogP contribution in [0, 0.1) is 0 Å². The maximum atomic E-state index is 9.30. The van der Waals surface area contributed by atoms with Gasteiger partial charge >= 0.3 is 0 Å². The maximum Gasteiger partial charge on any atom is 0.0626 e. The second-order valence-corrected chi connectivity index (χ2v) is 4.72. The zero-order chi connectivity index (χ0) is 9.80. The number of aliphatic hydroxyl groups excluding tert-OH is 1. The van der Waals surface area contributed by atoms with Crippen molar-refractivity contribution in [1.29, 1.82) is 0 Å². The molecule has 1 aromatic rings. The first-order chi connectivity index (χ1) is 6.90. The third-order valence-corrected chi connectivity index (χ3v) is 3.62. The molecule has 1 heterocycles. The summed E-state index contributed by atoms with van der Waals surface area (Å²) in [5, 5.41) is 17.0. The highest BCUT2D eigenvalue weighted by Gasteiger charge is 2.19. The maximum absolute atomic E-state index is 9.30. The Balaban J connectivity index is 1.93. The Morgan fingerprint density at radius 2 is 2.29 bits per heavy atom. The highest BCUT2D eigenvalue weighted by Crippen LogP contribution is 2.22. The van der Waals surface area contributed by atoms with Gasteiger partial charge in [0.05, 0.1) is 12.6 Å². The molecule has 0 aromatic carbocycles. The average Bonchev–Trinajstić information content (AvgIpc) is 2.86. The molecule has 0 bridgehead atoms. The van der Waals surface area contributed by atoms with E-state index in [1.807, 2.05) is 0 Å². The van der Waals surface area contributed by atoms with E-state index in [4.69, 9.17) is 0 Å². The van der Waals surface area contributed by atoms with E-state index in [0.29, 0.717) is 6.04 Å². The first-order valence-electron chi connectivity index (χ1n) is 5.29. The number of hydrogen-bond donors (Lipinski definition) is 2. The van der Waals surface area contributed by atoms with Crippen molar-refractivity contribution in [2.24, 2.45) is 0 Å². The van der Waals surface area contributed by atoms with Crippen molar-refractivity contribution in [3.8, 4) is 0 Å². The molecule has 78 valence electrons. The van der Waals surface area contributed by atoms with Crippen LogP contribution in [0.4, 0.5) is 0 Å². The Labute approximate surface area is 89.0 Å². The summed E-state index contributed by atoms with van der Waals surface area (Å²) >= 11 is 1.69. The van der Waals surface area contributed by atoms with E-state index in [9.17, 15) is 5.11 Å². The minimum Gasteiger partial charge on any atom is -0.394 e. The van der Waals surface area contributed by atoms with Crippen molar-refractivity contribution in [3.63, 3.8) is 0 Å². The summed E-state index contributed by atoms with van der Waals surface area (Å²) in [5.41, 5.74) is 1.23. The average molecular weight is 211 g/mol. The minimum atomic E-state index is 0.143. The topological polar surface area (TPSA) is 32.3 Å². The van der Waals surface area contributed by atoms with E-state index in [-0.39, 0.29) is 12.6 Å². The van der Waals surface area contributed by atoms with E-state index in [2.05, 4.69) is 22.1 Å². The number of thiophene rings is 1. The standard InChI is InChI=1S/C11H17NOS/c13-7-11(9-5-6-14-8-9)12-10-3-1-2-4-10/h5-6,8,10-13H,1-4,7H2. The summed E-state index contributed by atoms with van der Waals surface area (Å²) in [5.74, 6) is 0. The molecule has 1 aromatic heterocycles. The Morgan fingerprint density at radius 3 is 2.86 bits per heavy atom. The van der Waals surface area contributed by atoms with Crippen LogP contribution >= 0.6 is 11.3 Å². The lowest BCUT2D eigenvalue weighted by Crippen LogP contribution is -2.32. The Kier molecular flexibility index (Phi) is 3.56. The number of aliphatic hydroxyl groups is 1. The lowest BCUT2D eigenvalue weighted by Gasteiger charge is -2.20. The van der Waals surface area contributed by atoms with Gasteiger partial charge in [0.1, 0.15) is 0 Å². The summed E-state index contributed by atoms with van der Waals surface area (Å²) in [7, 11) is 0. The molecular weight excluding hydrogens is 194 g/mol. The number of rotatable bonds is 4. The van der Waals surface area contributed by atoms with E-state index in [1.54, 1.807) is 11.3 Å². The van der Waals surface area contributed by atoms with E-state index < -0.39 is 0 Å². The summed E-state index contributed by atoms with van der Waals surface area (Å²) in [6, 6.07) is 2.85. The fourth-order valence-corrected chi connectivity index (χ4v) is 2.82. The zero-order valence-electron chi connectivity index (χ0n) is 8.28. The first kappa shape index (κ1) is 10.1. The third kappa shape index (κ3) is 2.35. The molecule has 1 aliphatic carbocycles. The van der Waals surface area contributed by atoms with Gasteiger partial charge in [0.2, 0.25) is 0 Å². The molecule has 0 aliphatic heterocycles. The SMILES string of the molecule is OCC(NC1CCCC1)c1ccsc1. The molecule has 1 saturated carbocycles. The van der Waals surface area contributed by atoms with Gasteiger partial charge in [-0.2, -0.15) is 11.3 Å². The van der Waals surface area contributed by atoms with Crippen LogP contribution in [-0.4, -0.2) is 17.8 Å². The van der Waals surface area contributed by atoms with Gasteiger partial charge in [0.15, 0.2) is 0 Å². The molecule has 0 saturated heterocycles. The summed E-state index contributed by atoms with van der Waals surface area (Å²) < 4.78 is 0. The fourth-order valence-electron chi connectivity index (χ4n) is 2.10. The second kappa shape index (κ2) is 4.91. The van der Waals surface area contributed by atoms with E-state index >= 15 is 0 Å². The molecule has 0 amide bonds. The van der Waals surface area contributed by atoms with Crippen molar-refractivity contribution in [1.82, 2.24) is 5.32 Å². The smallest absolute Gasteiger partial charge is 0.0626 e. The van der Waals surface area contributed by atoms with Crippen molar-refractivity contribution in [2.45, 2.75) is 37.8 Å². The molecule has 0 spiro atoms. The Morgan fingerprint density at radius 1 is 1.50 bits per heavy atom. The van der Waals surface area contributed by atoms with Crippen molar-refractivity contribution in [3.05, 3.63) is 22.4 Å². The van der Waals surface area contributed by atoms with Gasteiger partial charge in [0, 0.05) is 6.04 Å². The van der Waals surface area contributed by atoms with Crippen molar-refractivity contribution in [2.75, 3.05) is 6.61 Å². The molecule has 2 nitrogen and oxygen atoms in total. The molecule has 2 N–H and O–H groups in total. The van der Waals surface area contributed by atoms with Crippen LogP contribution in [0.1, 0.15) is 37.3 Å². The lowest BCUT2D eigenvalue weighted by molar-refractivity contribution is 0.233. The second-order valence-electron chi connectivity index (χ2n) is 3.94. The molecule has 2 rings (SSSR count). The van der Waals surface area contributed by atoms with Gasteiger partial charge in [-0.05, 0) is 35.2 Å². The van der Waals surface area contributed by atoms with Crippen LogP contribution in [0.3, 0.4) is 0 Å². The molecular formula is C11H17NOS. The molecule has 0 radical (unpaired) electrons. The van der Waals surface area contributed by atoms with E-state index in [0.717, 1.165) is 0 Å². The molecule has 3 heteroatoms. The van der Waals surface area contributed by atoms with Crippen LogP contribution in [0.15, 0.2) is 16.8 Å². The van der Waals surface area contributed by atoms with E-state index in [1.165, 1.54) is 31.2 Å². The predicted molar refractivity (Wildman–Crippen MR) is 59.5 cm³/mol. The van der Waals surface area contributed by atoms with Crippen LogP contribution < -0.4 is 5.32 Å². The van der Waals surface area contributed by atoms with Crippen LogP contribution in [0.5, 0.6) is 0 Å². The van der Waals surface area contributed by atoms with Gasteiger partial charge in [-0.1, -0.05) is 12.8 Å².